The minimum Gasteiger partial charge on any atom is -0.444 e. The van der Waals surface area contributed by atoms with E-state index in [9.17, 15) is 9.18 Å². The van der Waals surface area contributed by atoms with E-state index >= 15 is 0 Å². The van der Waals surface area contributed by atoms with Gasteiger partial charge in [0.25, 0.3) is 0 Å². The number of ether oxygens (including phenoxy) is 1. The molecule has 1 aromatic rings. The van der Waals surface area contributed by atoms with E-state index in [1.54, 1.807) is 26.8 Å². The number of nitrogens with one attached hydrogen (secondary N) is 1. The van der Waals surface area contributed by atoms with Crippen molar-refractivity contribution in [2.24, 2.45) is 0 Å². The molecule has 19 heavy (non-hydrogen) atoms. The molecule has 1 aromatic carbocycles. The number of aliphatic hydroxyl groups excluding tert-OH is 1. The van der Waals surface area contributed by atoms with Crippen LogP contribution in [0.25, 0.3) is 6.08 Å². The third-order valence-electron chi connectivity index (χ3n) is 2.05. The average molecular weight is 267 g/mol. The first-order valence-corrected chi connectivity index (χ1v) is 5.89. The topological polar surface area (TPSA) is 58.6 Å². The average Bonchev–Trinajstić information content (AvgIpc) is 2.25. The number of amides is 1. The molecule has 5 heteroatoms. The smallest absolute Gasteiger partial charge is 0.412 e. The Balaban J connectivity index is 2.73. The molecule has 0 aromatic heterocycles. The molecule has 1 rings (SSSR count). The summed E-state index contributed by atoms with van der Waals surface area (Å²) in [6.07, 6.45) is 2.26. The fourth-order valence-corrected chi connectivity index (χ4v) is 1.34. The lowest BCUT2D eigenvalue weighted by molar-refractivity contribution is 0.0636. The van der Waals surface area contributed by atoms with Crippen LogP contribution in [0.4, 0.5) is 14.9 Å². The van der Waals surface area contributed by atoms with Gasteiger partial charge in [0.15, 0.2) is 0 Å². The fourth-order valence-electron chi connectivity index (χ4n) is 1.34. The predicted molar refractivity (Wildman–Crippen MR) is 72.4 cm³/mol. The molecule has 0 spiro atoms. The maximum Gasteiger partial charge on any atom is 0.412 e. The van der Waals surface area contributed by atoms with Gasteiger partial charge in [-0.2, -0.15) is 0 Å². The summed E-state index contributed by atoms with van der Waals surface area (Å²) in [5.41, 5.74) is 0.0450. The minimum absolute atomic E-state index is 0.155. The molecule has 0 unspecified atom stereocenters. The second-order valence-corrected chi connectivity index (χ2v) is 4.95. The second-order valence-electron chi connectivity index (χ2n) is 4.95. The van der Waals surface area contributed by atoms with Gasteiger partial charge in [0, 0.05) is 11.3 Å². The first-order chi connectivity index (χ1) is 8.81. The van der Waals surface area contributed by atoms with Crippen LogP contribution in [0.1, 0.15) is 26.3 Å². The molecule has 4 nitrogen and oxygen atoms in total. The van der Waals surface area contributed by atoms with E-state index in [2.05, 4.69) is 5.32 Å². The van der Waals surface area contributed by atoms with Crippen molar-refractivity contribution in [3.8, 4) is 0 Å². The van der Waals surface area contributed by atoms with Gasteiger partial charge < -0.3 is 9.84 Å². The van der Waals surface area contributed by atoms with Crippen molar-refractivity contribution in [1.29, 1.82) is 0 Å². The normalized spacial score (nSPS) is 11.6. The third-order valence-corrected chi connectivity index (χ3v) is 2.05. The number of hydrogen-bond donors (Lipinski definition) is 2. The van der Waals surface area contributed by atoms with Gasteiger partial charge in [-0.15, -0.1) is 0 Å². The van der Waals surface area contributed by atoms with Crippen molar-refractivity contribution in [1.82, 2.24) is 0 Å². The molecule has 0 aliphatic heterocycles. The number of carbonyl (C=O) groups excluding carboxylic acids is 1. The van der Waals surface area contributed by atoms with E-state index in [0.29, 0.717) is 11.3 Å². The van der Waals surface area contributed by atoms with Crippen LogP contribution in [0.15, 0.2) is 24.3 Å². The monoisotopic (exact) mass is 267 g/mol. The Labute approximate surface area is 111 Å². The molecule has 2 N–H and O–H groups in total. The zero-order valence-corrected chi connectivity index (χ0v) is 11.2. The summed E-state index contributed by atoms with van der Waals surface area (Å²) in [5, 5.41) is 11.1. The van der Waals surface area contributed by atoms with Crippen LogP contribution in [0.3, 0.4) is 0 Å². The molecule has 0 fully saturated rings. The zero-order valence-electron chi connectivity index (χ0n) is 11.2. The number of carbonyl (C=O) groups is 1. The summed E-state index contributed by atoms with van der Waals surface area (Å²) in [6.45, 7) is 5.08. The minimum atomic E-state index is -0.634. The number of benzene rings is 1. The molecule has 0 saturated heterocycles. The summed E-state index contributed by atoms with van der Waals surface area (Å²) >= 11 is 0. The van der Waals surface area contributed by atoms with Crippen LogP contribution in [0, 0.1) is 5.82 Å². The number of aliphatic hydroxyl groups is 1. The van der Waals surface area contributed by atoms with Crippen LogP contribution in [0.5, 0.6) is 0 Å². The van der Waals surface area contributed by atoms with E-state index < -0.39 is 17.5 Å². The molecule has 0 aliphatic rings. The van der Waals surface area contributed by atoms with Gasteiger partial charge in [-0.3, -0.25) is 5.32 Å². The van der Waals surface area contributed by atoms with Crippen LogP contribution in [-0.2, 0) is 4.74 Å². The van der Waals surface area contributed by atoms with Gasteiger partial charge in [0.05, 0.1) is 6.61 Å². The van der Waals surface area contributed by atoms with E-state index in [-0.39, 0.29) is 6.61 Å². The molecule has 0 aliphatic carbocycles. The summed E-state index contributed by atoms with van der Waals surface area (Å²) in [5.74, 6) is -0.488. The van der Waals surface area contributed by atoms with Crippen LogP contribution >= 0.6 is 0 Å². The van der Waals surface area contributed by atoms with Gasteiger partial charge in [0.1, 0.15) is 11.4 Å². The summed E-state index contributed by atoms with van der Waals surface area (Å²) in [4.78, 5) is 11.5. The maximum atomic E-state index is 13.6. The van der Waals surface area contributed by atoms with Crippen molar-refractivity contribution in [2.45, 2.75) is 26.4 Å². The summed E-state index contributed by atoms with van der Waals surface area (Å²) in [7, 11) is 0. The predicted octanol–water partition coefficient (Wildman–Crippen LogP) is 3.18. The quantitative estimate of drug-likeness (QED) is 0.884. The fraction of sp³-hybridized carbons (Fsp3) is 0.357. The van der Waals surface area contributed by atoms with Crippen LogP contribution in [0.2, 0.25) is 0 Å². The zero-order chi connectivity index (χ0) is 14.5. The van der Waals surface area contributed by atoms with Crippen molar-refractivity contribution >= 4 is 17.9 Å². The molecule has 104 valence electrons. The Bertz CT molecular complexity index is 478. The van der Waals surface area contributed by atoms with Crippen molar-refractivity contribution in [3.05, 3.63) is 35.7 Å². The van der Waals surface area contributed by atoms with Crippen LogP contribution in [-0.4, -0.2) is 23.4 Å². The molecular weight excluding hydrogens is 249 g/mol. The van der Waals surface area contributed by atoms with Crippen molar-refractivity contribution in [3.63, 3.8) is 0 Å². The van der Waals surface area contributed by atoms with Crippen molar-refractivity contribution in [2.75, 3.05) is 11.9 Å². The van der Waals surface area contributed by atoms with Gasteiger partial charge in [0.2, 0.25) is 0 Å². The highest BCUT2D eigenvalue weighted by Gasteiger charge is 2.16. The molecule has 0 atom stereocenters. The molecule has 0 radical (unpaired) electrons. The Hall–Kier alpha value is -1.88. The molecule has 0 bridgehead atoms. The van der Waals surface area contributed by atoms with E-state index in [0.717, 1.165) is 0 Å². The Kier molecular flexibility index (Phi) is 5.06. The van der Waals surface area contributed by atoms with Crippen LogP contribution < -0.4 is 5.32 Å². The highest BCUT2D eigenvalue weighted by molar-refractivity contribution is 5.85. The number of anilines is 1. The maximum absolute atomic E-state index is 13.6. The van der Waals surface area contributed by atoms with E-state index in [4.69, 9.17) is 9.84 Å². The molecular formula is C14H18FNO3. The first-order valence-electron chi connectivity index (χ1n) is 5.89. The van der Waals surface area contributed by atoms with Gasteiger partial charge in [-0.1, -0.05) is 12.2 Å². The van der Waals surface area contributed by atoms with Gasteiger partial charge in [-0.25, -0.2) is 9.18 Å². The number of rotatable bonds is 3. The highest BCUT2D eigenvalue weighted by atomic mass is 19.1. The van der Waals surface area contributed by atoms with E-state index in [1.807, 2.05) is 0 Å². The SMILES string of the molecule is CC(C)(C)OC(=O)Nc1ccc(/C=C/CO)c(F)c1. The molecule has 1 amide bonds. The largest absolute Gasteiger partial charge is 0.444 e. The Morgan fingerprint density at radius 1 is 1.47 bits per heavy atom. The highest BCUT2D eigenvalue weighted by Crippen LogP contribution is 2.17. The summed E-state index contributed by atoms with van der Waals surface area (Å²) in [6, 6.07) is 4.26. The number of halogens is 1. The van der Waals surface area contributed by atoms with Crippen molar-refractivity contribution < 1.29 is 19.0 Å². The standard InChI is InChI=1S/C14H18FNO3/c1-14(2,3)19-13(18)16-11-7-6-10(5-4-8-17)12(15)9-11/h4-7,9,17H,8H2,1-3H3,(H,16,18)/b5-4+. The Morgan fingerprint density at radius 3 is 2.68 bits per heavy atom. The lowest BCUT2D eigenvalue weighted by Gasteiger charge is -2.19. The number of hydrogen-bond acceptors (Lipinski definition) is 3. The molecule has 0 heterocycles. The van der Waals surface area contributed by atoms with Gasteiger partial charge in [-0.05, 0) is 39.0 Å². The van der Waals surface area contributed by atoms with Gasteiger partial charge >= 0.3 is 6.09 Å². The lowest BCUT2D eigenvalue weighted by Crippen LogP contribution is -2.27. The third kappa shape index (κ3) is 5.52. The molecule has 0 saturated carbocycles. The summed E-state index contributed by atoms with van der Waals surface area (Å²) < 4.78 is 18.7. The van der Waals surface area contributed by atoms with E-state index in [1.165, 1.54) is 24.3 Å². The lowest BCUT2D eigenvalue weighted by atomic mass is 10.2. The second kappa shape index (κ2) is 6.33. The first kappa shape index (κ1) is 15.2. The Morgan fingerprint density at radius 2 is 2.16 bits per heavy atom.